The summed E-state index contributed by atoms with van der Waals surface area (Å²) in [7, 11) is 0. The summed E-state index contributed by atoms with van der Waals surface area (Å²) in [6.45, 7) is 19.5. The van der Waals surface area contributed by atoms with E-state index in [1.807, 2.05) is 59.5 Å². The van der Waals surface area contributed by atoms with Crippen molar-refractivity contribution in [1.82, 2.24) is 4.90 Å². The van der Waals surface area contributed by atoms with Crippen LogP contribution in [-0.4, -0.2) is 61.7 Å². The highest BCUT2D eigenvalue weighted by Gasteiger charge is 2.47. The molecule has 0 aliphatic carbocycles. The van der Waals surface area contributed by atoms with Gasteiger partial charge in [-0.05, 0) is 84.8 Å². The fraction of sp³-hybridized carbons (Fsp3) is 0.459. The number of nitrogens with zero attached hydrogens (tertiary/aromatic N) is 2. The lowest BCUT2D eigenvalue weighted by Crippen LogP contribution is -2.55. The second kappa shape index (κ2) is 12.4. The van der Waals surface area contributed by atoms with E-state index < -0.39 is 11.0 Å². The molecule has 0 bridgehead atoms. The Hall–Kier alpha value is -3.68. The molecule has 3 aromatic rings. The summed E-state index contributed by atoms with van der Waals surface area (Å²) in [5, 5.41) is 3.11. The molecule has 1 saturated heterocycles. The Bertz CT molecular complexity index is 1480. The van der Waals surface area contributed by atoms with E-state index in [0.717, 1.165) is 61.8 Å². The molecule has 1 N–H and O–H groups in total. The number of amides is 2. The zero-order valence-electron chi connectivity index (χ0n) is 27.3. The van der Waals surface area contributed by atoms with Crippen LogP contribution in [0.25, 0.3) is 0 Å². The highest BCUT2D eigenvalue weighted by Crippen LogP contribution is 2.51. The summed E-state index contributed by atoms with van der Waals surface area (Å²) >= 11 is 0. The lowest BCUT2D eigenvalue weighted by molar-refractivity contribution is -0.117. The molecule has 2 aliphatic heterocycles. The second-order valence-electron chi connectivity index (χ2n) is 14.0. The smallest absolute Gasteiger partial charge is 0.255 e. The predicted octanol–water partition coefficient (Wildman–Crippen LogP) is 6.79. The third-order valence-electron chi connectivity index (χ3n) is 9.08. The van der Waals surface area contributed by atoms with E-state index >= 15 is 0 Å². The van der Waals surface area contributed by atoms with Gasteiger partial charge < -0.3 is 19.7 Å². The summed E-state index contributed by atoms with van der Waals surface area (Å²) in [6, 6.07) is 22.0. The normalized spacial score (nSPS) is 20.1. The average molecular weight is 598 g/mol. The minimum absolute atomic E-state index is 0.00182. The van der Waals surface area contributed by atoms with Crippen LogP contribution >= 0.6 is 0 Å². The van der Waals surface area contributed by atoms with Gasteiger partial charge in [-0.25, -0.2) is 0 Å². The summed E-state index contributed by atoms with van der Waals surface area (Å²) in [5.41, 5.74) is 4.69. The number of ether oxygens (including phenoxy) is 2. The minimum Gasteiger partial charge on any atom is -0.492 e. The lowest BCUT2D eigenvalue weighted by atomic mass is 9.65. The highest BCUT2D eigenvalue weighted by molar-refractivity contribution is 6.05. The summed E-state index contributed by atoms with van der Waals surface area (Å²) in [4.78, 5) is 30.5. The van der Waals surface area contributed by atoms with Crippen LogP contribution in [0.3, 0.4) is 0 Å². The standard InChI is InChI=1S/C37H47N3O4/c1-26(41)40-33-17-14-30(38-34(42)27-8-10-28(11-9-27)35(2,3)4)24-32(33)37(7,25-36(40,5)6)29-12-15-31(16-13-29)44-23-20-39-18-21-43-22-19-39/h8-17,24H,18-23,25H2,1-7H3,(H,38,42). The molecule has 2 aliphatic rings. The Morgan fingerprint density at radius 2 is 1.59 bits per heavy atom. The monoisotopic (exact) mass is 597 g/mol. The number of hydrogen-bond donors (Lipinski definition) is 1. The molecule has 0 aromatic heterocycles. The minimum atomic E-state index is -0.416. The number of nitrogens with one attached hydrogen (secondary N) is 1. The van der Waals surface area contributed by atoms with Gasteiger partial charge in [-0.3, -0.25) is 14.5 Å². The van der Waals surface area contributed by atoms with E-state index in [1.54, 1.807) is 6.92 Å². The van der Waals surface area contributed by atoms with Crippen LogP contribution in [0.2, 0.25) is 0 Å². The van der Waals surface area contributed by atoms with Gasteiger partial charge in [0, 0.05) is 54.5 Å². The van der Waals surface area contributed by atoms with Crippen molar-refractivity contribution in [2.24, 2.45) is 0 Å². The molecule has 7 nitrogen and oxygen atoms in total. The lowest BCUT2D eigenvalue weighted by Gasteiger charge is -2.51. The quantitative estimate of drug-likeness (QED) is 0.325. The molecule has 2 heterocycles. The SMILES string of the molecule is CC(=O)N1c2ccc(NC(=O)c3ccc(C(C)(C)C)cc3)cc2C(C)(c2ccc(OCCN3CCOCC3)cc2)CC1(C)C. The second-order valence-corrected chi connectivity index (χ2v) is 14.0. The van der Waals surface area contributed by atoms with Crippen molar-refractivity contribution in [3.8, 4) is 5.75 Å². The number of benzene rings is 3. The van der Waals surface area contributed by atoms with Crippen molar-refractivity contribution >= 4 is 23.2 Å². The topological polar surface area (TPSA) is 71.1 Å². The Morgan fingerprint density at radius 3 is 2.20 bits per heavy atom. The Balaban J connectivity index is 1.41. The molecule has 0 radical (unpaired) electrons. The summed E-state index contributed by atoms with van der Waals surface area (Å²) < 4.78 is 11.5. The Morgan fingerprint density at radius 1 is 0.932 bits per heavy atom. The van der Waals surface area contributed by atoms with E-state index in [-0.39, 0.29) is 17.2 Å². The first kappa shape index (κ1) is 31.7. The molecule has 7 heteroatoms. The van der Waals surface area contributed by atoms with E-state index in [4.69, 9.17) is 9.47 Å². The van der Waals surface area contributed by atoms with Gasteiger partial charge in [-0.15, -0.1) is 0 Å². The average Bonchev–Trinajstić information content (AvgIpc) is 2.97. The van der Waals surface area contributed by atoms with Crippen LogP contribution in [0.15, 0.2) is 66.7 Å². The van der Waals surface area contributed by atoms with Crippen molar-refractivity contribution in [3.63, 3.8) is 0 Å². The maximum Gasteiger partial charge on any atom is 0.255 e. The molecular weight excluding hydrogens is 550 g/mol. The maximum atomic E-state index is 13.3. The first-order valence-corrected chi connectivity index (χ1v) is 15.7. The molecule has 5 rings (SSSR count). The van der Waals surface area contributed by atoms with E-state index in [2.05, 4.69) is 63.9 Å². The van der Waals surface area contributed by atoms with Gasteiger partial charge in [-0.2, -0.15) is 0 Å². The van der Waals surface area contributed by atoms with Gasteiger partial charge in [0.25, 0.3) is 5.91 Å². The number of hydrogen-bond acceptors (Lipinski definition) is 5. The molecule has 234 valence electrons. The number of fused-ring (bicyclic) bond motifs is 1. The molecule has 1 fully saturated rings. The van der Waals surface area contributed by atoms with E-state index in [1.165, 1.54) is 5.56 Å². The van der Waals surface area contributed by atoms with Gasteiger partial charge in [-0.1, -0.05) is 52.0 Å². The number of carbonyl (C=O) groups is 2. The number of rotatable bonds is 7. The molecule has 1 unspecified atom stereocenters. The number of anilines is 2. The third-order valence-corrected chi connectivity index (χ3v) is 9.08. The fourth-order valence-electron chi connectivity index (χ4n) is 6.83. The largest absolute Gasteiger partial charge is 0.492 e. The van der Waals surface area contributed by atoms with Gasteiger partial charge in [0.2, 0.25) is 5.91 Å². The van der Waals surface area contributed by atoms with Gasteiger partial charge in [0.15, 0.2) is 0 Å². The third kappa shape index (κ3) is 6.69. The molecular formula is C37H47N3O4. The molecule has 0 saturated carbocycles. The predicted molar refractivity (Wildman–Crippen MR) is 177 cm³/mol. The zero-order chi connectivity index (χ0) is 31.7. The number of morpholine rings is 1. The van der Waals surface area contributed by atoms with Gasteiger partial charge in [0.1, 0.15) is 12.4 Å². The molecule has 1 atom stereocenters. The van der Waals surface area contributed by atoms with Crippen molar-refractivity contribution in [3.05, 3.63) is 89.0 Å². The number of carbonyl (C=O) groups excluding carboxylic acids is 2. The van der Waals surface area contributed by atoms with Crippen LogP contribution in [-0.2, 0) is 20.4 Å². The van der Waals surface area contributed by atoms with Crippen LogP contribution in [0.4, 0.5) is 11.4 Å². The van der Waals surface area contributed by atoms with Crippen molar-refractivity contribution in [2.75, 3.05) is 49.7 Å². The Labute approximate surface area is 262 Å². The van der Waals surface area contributed by atoms with E-state index in [0.29, 0.717) is 17.9 Å². The first-order valence-electron chi connectivity index (χ1n) is 15.7. The van der Waals surface area contributed by atoms with Gasteiger partial charge >= 0.3 is 0 Å². The first-order chi connectivity index (χ1) is 20.8. The zero-order valence-corrected chi connectivity index (χ0v) is 27.3. The van der Waals surface area contributed by atoms with Crippen molar-refractivity contribution in [1.29, 1.82) is 0 Å². The Kier molecular flexibility index (Phi) is 8.92. The summed E-state index contributed by atoms with van der Waals surface area (Å²) in [5.74, 6) is 0.674. The molecule has 2 amide bonds. The molecule has 0 spiro atoms. The maximum absolute atomic E-state index is 13.3. The van der Waals surface area contributed by atoms with Crippen molar-refractivity contribution < 1.29 is 19.1 Å². The summed E-state index contributed by atoms with van der Waals surface area (Å²) in [6.07, 6.45) is 0.718. The van der Waals surface area contributed by atoms with Gasteiger partial charge in [0.05, 0.1) is 13.2 Å². The highest BCUT2D eigenvalue weighted by atomic mass is 16.5. The van der Waals surface area contributed by atoms with Crippen LogP contribution in [0.5, 0.6) is 5.75 Å². The molecule has 3 aromatic carbocycles. The van der Waals surface area contributed by atoms with Crippen LogP contribution in [0, 0.1) is 0 Å². The van der Waals surface area contributed by atoms with E-state index in [9.17, 15) is 9.59 Å². The van der Waals surface area contributed by atoms with Crippen LogP contribution < -0.4 is 15.0 Å². The molecule has 44 heavy (non-hydrogen) atoms. The fourth-order valence-corrected chi connectivity index (χ4v) is 6.83. The van der Waals surface area contributed by atoms with Crippen LogP contribution in [0.1, 0.15) is 81.9 Å². The van der Waals surface area contributed by atoms with Crippen molar-refractivity contribution in [2.45, 2.75) is 71.3 Å².